The molecule has 2 aromatic rings. The van der Waals surface area contributed by atoms with E-state index in [1.165, 1.54) is 4.90 Å². The third-order valence-electron chi connectivity index (χ3n) is 7.14. The number of carbonyl (C=O) groups excluding carboxylic acids is 3. The molecule has 2 aromatic carbocycles. The second-order valence-electron chi connectivity index (χ2n) is 9.05. The zero-order valence-electron chi connectivity index (χ0n) is 18.2. The van der Waals surface area contributed by atoms with Gasteiger partial charge in [0.2, 0.25) is 5.91 Å². The molecule has 0 spiro atoms. The fraction of sp³-hybridized carbons (Fsp3) is 0.400. The molecular weight excluding hydrogens is 440 g/mol. The number of rotatable bonds is 6. The summed E-state index contributed by atoms with van der Waals surface area (Å²) >= 11 is 0. The maximum Gasteiger partial charge on any atom is 0.261 e. The summed E-state index contributed by atoms with van der Waals surface area (Å²) < 4.78 is 26.2. The van der Waals surface area contributed by atoms with E-state index in [-0.39, 0.29) is 42.8 Å². The van der Waals surface area contributed by atoms with Gasteiger partial charge in [0.1, 0.15) is 0 Å². The fourth-order valence-corrected chi connectivity index (χ4v) is 7.42. The van der Waals surface area contributed by atoms with Crippen molar-refractivity contribution in [2.45, 2.75) is 60.8 Å². The zero-order chi connectivity index (χ0) is 23.2. The fourth-order valence-electron chi connectivity index (χ4n) is 5.55. The highest BCUT2D eigenvalue weighted by atomic mass is 32.2. The highest BCUT2D eigenvalue weighted by Gasteiger charge is 2.47. The van der Waals surface area contributed by atoms with Gasteiger partial charge >= 0.3 is 0 Å². The van der Waals surface area contributed by atoms with Gasteiger partial charge in [0.15, 0.2) is 9.84 Å². The van der Waals surface area contributed by atoms with Crippen LogP contribution in [0.15, 0.2) is 59.5 Å². The monoisotopic (exact) mass is 466 g/mol. The summed E-state index contributed by atoms with van der Waals surface area (Å²) in [6.07, 6.45) is 3.17. The largest absolute Gasteiger partial charge is 0.337 e. The molecule has 2 atom stereocenters. The molecule has 0 aromatic heterocycles. The van der Waals surface area contributed by atoms with Crippen LogP contribution in [-0.2, 0) is 14.6 Å². The van der Waals surface area contributed by atoms with Crippen molar-refractivity contribution < 1.29 is 22.8 Å². The Morgan fingerprint density at radius 3 is 1.97 bits per heavy atom. The van der Waals surface area contributed by atoms with Crippen LogP contribution >= 0.6 is 0 Å². The Morgan fingerprint density at radius 2 is 1.39 bits per heavy atom. The highest BCUT2D eigenvalue weighted by molar-refractivity contribution is 7.92. The summed E-state index contributed by atoms with van der Waals surface area (Å²) in [7, 11) is -3.42. The van der Waals surface area contributed by atoms with Gasteiger partial charge < -0.3 is 4.90 Å². The van der Waals surface area contributed by atoms with Crippen molar-refractivity contribution in [3.63, 3.8) is 0 Å². The van der Waals surface area contributed by atoms with Gasteiger partial charge in [-0.25, -0.2) is 8.42 Å². The summed E-state index contributed by atoms with van der Waals surface area (Å²) in [5.41, 5.74) is 0.821. The average Bonchev–Trinajstić information content (AvgIpc) is 3.23. The number of amides is 3. The lowest BCUT2D eigenvalue weighted by Crippen LogP contribution is -2.49. The Kier molecular flexibility index (Phi) is 5.56. The Hall–Kier alpha value is -3.00. The molecular formula is C25H26N2O5S. The molecule has 5 rings (SSSR count). The number of piperidine rings is 1. The van der Waals surface area contributed by atoms with E-state index in [1.807, 2.05) is 4.90 Å². The molecule has 3 aliphatic rings. The Morgan fingerprint density at radius 1 is 0.848 bits per heavy atom. The number of carbonyl (C=O) groups is 3. The lowest BCUT2D eigenvalue weighted by atomic mass is 10.0. The summed E-state index contributed by atoms with van der Waals surface area (Å²) in [5.74, 6) is -0.639. The molecule has 8 heteroatoms. The van der Waals surface area contributed by atoms with Crippen LogP contribution in [0, 0.1) is 0 Å². The molecule has 172 valence electrons. The third-order valence-corrected chi connectivity index (χ3v) is 9.33. The first-order chi connectivity index (χ1) is 15.9. The molecule has 3 aliphatic heterocycles. The average molecular weight is 467 g/mol. The normalized spacial score (nSPS) is 24.3. The molecule has 0 N–H and O–H groups in total. The minimum Gasteiger partial charge on any atom is -0.337 e. The van der Waals surface area contributed by atoms with Crippen molar-refractivity contribution in [3.8, 4) is 0 Å². The first-order valence-electron chi connectivity index (χ1n) is 11.4. The van der Waals surface area contributed by atoms with E-state index in [2.05, 4.69) is 0 Å². The van der Waals surface area contributed by atoms with E-state index >= 15 is 0 Å². The quantitative estimate of drug-likeness (QED) is 0.610. The topological polar surface area (TPSA) is 91.8 Å². The number of nitrogens with zero attached hydrogens (tertiary/aromatic N) is 2. The molecule has 33 heavy (non-hydrogen) atoms. The van der Waals surface area contributed by atoms with Crippen LogP contribution < -0.4 is 0 Å². The number of benzene rings is 2. The van der Waals surface area contributed by atoms with Gasteiger partial charge in [0, 0.05) is 25.0 Å². The van der Waals surface area contributed by atoms with Crippen LogP contribution in [0.2, 0.25) is 0 Å². The van der Waals surface area contributed by atoms with Crippen molar-refractivity contribution in [2.24, 2.45) is 0 Å². The standard InChI is InChI=1S/C25H26N2O5S/c28-23(11-6-14-26-24(29)21-9-4-5-10-22(21)25(26)30)27-17-12-13-18(27)16-20(15-17)33(31,32)19-7-2-1-3-8-19/h1-5,7-10,17-18,20H,6,11-16H2. The minimum atomic E-state index is -3.42. The van der Waals surface area contributed by atoms with Crippen molar-refractivity contribution in [1.29, 1.82) is 0 Å². The van der Waals surface area contributed by atoms with E-state index in [1.54, 1.807) is 54.6 Å². The van der Waals surface area contributed by atoms with Gasteiger partial charge in [0.05, 0.1) is 21.3 Å². The van der Waals surface area contributed by atoms with Gasteiger partial charge in [-0.2, -0.15) is 0 Å². The number of hydrogen-bond acceptors (Lipinski definition) is 5. The van der Waals surface area contributed by atoms with E-state index in [4.69, 9.17) is 0 Å². The zero-order valence-corrected chi connectivity index (χ0v) is 19.0. The molecule has 7 nitrogen and oxygen atoms in total. The maximum absolute atomic E-state index is 13.1. The van der Waals surface area contributed by atoms with Crippen molar-refractivity contribution in [1.82, 2.24) is 9.80 Å². The van der Waals surface area contributed by atoms with Crippen molar-refractivity contribution in [3.05, 3.63) is 65.7 Å². The van der Waals surface area contributed by atoms with E-state index < -0.39 is 15.1 Å². The SMILES string of the molecule is O=C1c2ccccc2C(=O)N1CCCC(=O)N1C2CCC1CC(S(=O)(=O)c1ccccc1)C2. The molecule has 2 bridgehead atoms. The summed E-state index contributed by atoms with van der Waals surface area (Å²) in [6, 6.07) is 15.1. The van der Waals surface area contributed by atoms with Gasteiger partial charge in [0.25, 0.3) is 11.8 Å². The molecule has 2 unspecified atom stereocenters. The summed E-state index contributed by atoms with van der Waals surface area (Å²) in [4.78, 5) is 41.5. The maximum atomic E-state index is 13.1. The van der Waals surface area contributed by atoms with Crippen molar-refractivity contribution >= 4 is 27.6 Å². The number of sulfone groups is 1. The van der Waals surface area contributed by atoms with Gasteiger partial charge in [-0.05, 0) is 56.4 Å². The van der Waals surface area contributed by atoms with E-state index in [0.717, 1.165) is 12.8 Å². The third kappa shape index (κ3) is 3.76. The summed E-state index contributed by atoms with van der Waals surface area (Å²) in [6.45, 7) is 0.201. The van der Waals surface area contributed by atoms with E-state index in [9.17, 15) is 22.8 Å². The highest BCUT2D eigenvalue weighted by Crippen LogP contribution is 2.40. The number of imide groups is 1. The Labute approximate surface area is 193 Å². The molecule has 2 fully saturated rings. The van der Waals surface area contributed by atoms with Crippen LogP contribution in [0.4, 0.5) is 0 Å². The second kappa shape index (κ2) is 8.41. The van der Waals surface area contributed by atoms with Crippen LogP contribution in [0.25, 0.3) is 0 Å². The lowest BCUT2D eigenvalue weighted by molar-refractivity contribution is -0.135. The molecule has 0 aliphatic carbocycles. The first-order valence-corrected chi connectivity index (χ1v) is 13.0. The molecule has 0 saturated carbocycles. The summed E-state index contributed by atoms with van der Waals surface area (Å²) in [5, 5.41) is -0.472. The molecule has 2 saturated heterocycles. The molecule has 3 amide bonds. The number of fused-ring (bicyclic) bond motifs is 3. The van der Waals surface area contributed by atoms with Crippen LogP contribution in [0.5, 0.6) is 0 Å². The Bertz CT molecular complexity index is 1160. The van der Waals surface area contributed by atoms with E-state index in [0.29, 0.717) is 35.3 Å². The predicted molar refractivity (Wildman–Crippen MR) is 121 cm³/mol. The molecule has 3 heterocycles. The second-order valence-corrected chi connectivity index (χ2v) is 11.3. The molecule has 0 radical (unpaired) electrons. The predicted octanol–water partition coefficient (Wildman–Crippen LogP) is 3.06. The first kappa shape index (κ1) is 21.8. The smallest absolute Gasteiger partial charge is 0.261 e. The number of hydrogen-bond donors (Lipinski definition) is 0. The minimum absolute atomic E-state index is 0.0188. The van der Waals surface area contributed by atoms with Crippen LogP contribution in [-0.4, -0.2) is 59.8 Å². The lowest BCUT2D eigenvalue weighted by Gasteiger charge is -2.39. The van der Waals surface area contributed by atoms with Crippen molar-refractivity contribution in [2.75, 3.05) is 6.54 Å². The van der Waals surface area contributed by atoms with Gasteiger partial charge in [-0.1, -0.05) is 30.3 Å². The van der Waals surface area contributed by atoms with Crippen LogP contribution in [0.1, 0.15) is 59.2 Å². The van der Waals surface area contributed by atoms with Gasteiger partial charge in [-0.3, -0.25) is 19.3 Å². The van der Waals surface area contributed by atoms with Crippen LogP contribution in [0.3, 0.4) is 0 Å². The Balaban J connectivity index is 1.19. The van der Waals surface area contributed by atoms with Gasteiger partial charge in [-0.15, -0.1) is 0 Å².